The van der Waals surface area contributed by atoms with Crippen LogP contribution >= 0.6 is 0 Å². The van der Waals surface area contributed by atoms with Crippen molar-refractivity contribution in [3.05, 3.63) is 0 Å². The number of likely N-dealkylation sites (tertiary alicyclic amines) is 1. The van der Waals surface area contributed by atoms with E-state index in [0.29, 0.717) is 12.1 Å². The molecule has 2 amide bonds. The van der Waals surface area contributed by atoms with Gasteiger partial charge in [0.2, 0.25) is 0 Å². The van der Waals surface area contributed by atoms with E-state index < -0.39 is 0 Å². The topological polar surface area (TPSA) is 47.6 Å². The Morgan fingerprint density at radius 1 is 1.29 bits per heavy atom. The summed E-state index contributed by atoms with van der Waals surface area (Å²) in [6.07, 6.45) is 6.41. The molecule has 0 unspecified atom stereocenters. The number of hydrogen-bond donors (Lipinski definition) is 2. The van der Waals surface area contributed by atoms with Crippen molar-refractivity contribution >= 4 is 6.03 Å². The molecule has 0 spiro atoms. The van der Waals surface area contributed by atoms with Gasteiger partial charge in [-0.05, 0) is 40.2 Å². The molecule has 1 saturated heterocycles. The molecule has 0 aromatic heterocycles. The van der Waals surface area contributed by atoms with Crippen LogP contribution in [0.25, 0.3) is 0 Å². The predicted octanol–water partition coefficient (Wildman–Crippen LogP) is 1.64. The molecule has 1 atom stereocenters. The number of hydrogen-bond acceptors (Lipinski definition) is 3. The lowest BCUT2D eigenvalue weighted by Gasteiger charge is -2.24. The third kappa shape index (κ3) is 5.15. The Balaban J connectivity index is 1.57. The van der Waals surface area contributed by atoms with Crippen LogP contribution in [0.4, 0.5) is 4.79 Å². The molecule has 0 radical (unpaired) electrons. The molecular weight excluding hydrogens is 264 g/mol. The molecule has 21 heavy (non-hydrogen) atoms. The van der Waals surface area contributed by atoms with E-state index in [1.165, 1.54) is 25.7 Å². The van der Waals surface area contributed by atoms with Gasteiger partial charge in [0.25, 0.3) is 0 Å². The quantitative estimate of drug-likeness (QED) is 0.783. The molecule has 122 valence electrons. The smallest absolute Gasteiger partial charge is 0.315 e. The fourth-order valence-electron chi connectivity index (χ4n) is 3.48. The summed E-state index contributed by atoms with van der Waals surface area (Å²) in [5.41, 5.74) is 0. The second-order valence-electron chi connectivity index (χ2n) is 6.89. The summed E-state index contributed by atoms with van der Waals surface area (Å²) in [5, 5.41) is 6.09. The largest absolute Gasteiger partial charge is 0.337 e. The molecule has 1 saturated carbocycles. The number of rotatable bonds is 6. The van der Waals surface area contributed by atoms with Crippen molar-refractivity contribution in [3.63, 3.8) is 0 Å². The van der Waals surface area contributed by atoms with Gasteiger partial charge in [0, 0.05) is 44.3 Å². The fourth-order valence-corrected chi connectivity index (χ4v) is 3.48. The molecule has 0 bridgehead atoms. The van der Waals surface area contributed by atoms with Crippen molar-refractivity contribution in [3.8, 4) is 0 Å². The molecule has 2 rings (SSSR count). The van der Waals surface area contributed by atoms with Crippen LogP contribution in [-0.4, -0.2) is 67.2 Å². The van der Waals surface area contributed by atoms with Crippen LogP contribution in [0.1, 0.15) is 46.0 Å². The first-order valence-corrected chi connectivity index (χ1v) is 8.55. The summed E-state index contributed by atoms with van der Waals surface area (Å²) < 4.78 is 0. The third-order valence-electron chi connectivity index (χ3n) is 4.98. The van der Waals surface area contributed by atoms with Crippen LogP contribution in [0, 0.1) is 0 Å². The van der Waals surface area contributed by atoms with Gasteiger partial charge >= 0.3 is 6.03 Å². The van der Waals surface area contributed by atoms with Crippen LogP contribution in [0.2, 0.25) is 0 Å². The van der Waals surface area contributed by atoms with Gasteiger partial charge in [-0.2, -0.15) is 0 Å². The Labute approximate surface area is 129 Å². The first-order valence-electron chi connectivity index (χ1n) is 8.55. The summed E-state index contributed by atoms with van der Waals surface area (Å²) in [7, 11) is 2.17. The van der Waals surface area contributed by atoms with Gasteiger partial charge in [-0.25, -0.2) is 4.79 Å². The maximum atomic E-state index is 11.9. The third-order valence-corrected chi connectivity index (χ3v) is 4.98. The first kappa shape index (κ1) is 16.6. The van der Waals surface area contributed by atoms with Crippen LogP contribution in [-0.2, 0) is 0 Å². The average Bonchev–Trinajstić information content (AvgIpc) is 3.09. The van der Waals surface area contributed by atoms with Gasteiger partial charge in [-0.3, -0.25) is 4.90 Å². The highest BCUT2D eigenvalue weighted by molar-refractivity contribution is 5.74. The monoisotopic (exact) mass is 296 g/mol. The molecule has 5 heteroatoms. The second kappa shape index (κ2) is 7.99. The lowest BCUT2D eigenvalue weighted by molar-refractivity contribution is 0.224. The minimum absolute atomic E-state index is 0.00886. The number of likely N-dealkylation sites (N-methyl/N-ethyl adjacent to an activating group) is 1. The van der Waals surface area contributed by atoms with Gasteiger partial charge in [0.1, 0.15) is 0 Å². The summed E-state index contributed by atoms with van der Waals surface area (Å²) in [6.45, 7) is 8.17. The molecule has 1 aliphatic carbocycles. The van der Waals surface area contributed by atoms with Crippen molar-refractivity contribution in [2.75, 3.05) is 33.2 Å². The molecule has 0 aromatic rings. The van der Waals surface area contributed by atoms with E-state index in [9.17, 15) is 4.79 Å². The maximum Gasteiger partial charge on any atom is 0.315 e. The summed E-state index contributed by atoms with van der Waals surface area (Å²) in [5.74, 6) is 0. The maximum absolute atomic E-state index is 11.9. The zero-order chi connectivity index (χ0) is 15.2. The number of urea groups is 1. The number of nitrogens with one attached hydrogen (secondary N) is 2. The van der Waals surface area contributed by atoms with Crippen molar-refractivity contribution in [2.24, 2.45) is 0 Å². The molecule has 1 heterocycles. The van der Waals surface area contributed by atoms with Crippen molar-refractivity contribution in [1.29, 1.82) is 0 Å². The average molecular weight is 296 g/mol. The molecule has 1 aliphatic heterocycles. The summed E-state index contributed by atoms with van der Waals surface area (Å²) >= 11 is 0. The molecule has 0 aromatic carbocycles. The second-order valence-corrected chi connectivity index (χ2v) is 6.89. The Bertz CT molecular complexity index is 328. The zero-order valence-electron chi connectivity index (χ0n) is 13.9. The van der Waals surface area contributed by atoms with Crippen molar-refractivity contribution in [1.82, 2.24) is 20.4 Å². The predicted molar refractivity (Wildman–Crippen MR) is 86.5 cm³/mol. The van der Waals surface area contributed by atoms with E-state index in [-0.39, 0.29) is 6.03 Å². The highest BCUT2D eigenvalue weighted by atomic mass is 16.2. The lowest BCUT2D eigenvalue weighted by atomic mass is 10.2. The Morgan fingerprint density at radius 3 is 2.62 bits per heavy atom. The number of amides is 2. The van der Waals surface area contributed by atoms with Gasteiger partial charge in [0.05, 0.1) is 0 Å². The standard InChI is InChI=1S/C16H32N4O/c1-13(2)20-10-8-14(12-20)18-16(21)17-9-11-19(3)15-6-4-5-7-15/h13-15H,4-12H2,1-3H3,(H2,17,18,21)/t14-/m0/s1. The van der Waals surface area contributed by atoms with Gasteiger partial charge in [-0.1, -0.05) is 12.8 Å². The van der Waals surface area contributed by atoms with E-state index in [0.717, 1.165) is 38.6 Å². The van der Waals surface area contributed by atoms with Crippen molar-refractivity contribution in [2.45, 2.75) is 64.1 Å². The molecule has 2 fully saturated rings. The van der Waals surface area contributed by atoms with Gasteiger partial charge in [0.15, 0.2) is 0 Å². The van der Waals surface area contributed by atoms with Crippen LogP contribution < -0.4 is 10.6 Å². The highest BCUT2D eigenvalue weighted by Gasteiger charge is 2.25. The number of carbonyl (C=O) groups excluding carboxylic acids is 1. The van der Waals surface area contributed by atoms with Crippen molar-refractivity contribution < 1.29 is 4.79 Å². The van der Waals surface area contributed by atoms with Gasteiger partial charge < -0.3 is 15.5 Å². The Kier molecular flexibility index (Phi) is 6.30. The minimum Gasteiger partial charge on any atom is -0.337 e. The SMILES string of the molecule is CC(C)N1CC[C@H](NC(=O)NCCN(C)C2CCCC2)C1. The van der Waals surface area contributed by atoms with Crippen LogP contribution in [0.3, 0.4) is 0 Å². The van der Waals surface area contributed by atoms with E-state index >= 15 is 0 Å². The summed E-state index contributed by atoms with van der Waals surface area (Å²) in [6, 6.07) is 1.59. The fraction of sp³-hybridized carbons (Fsp3) is 0.938. The normalized spacial score (nSPS) is 24.1. The molecular formula is C16H32N4O. The summed E-state index contributed by atoms with van der Waals surface area (Å²) in [4.78, 5) is 16.7. The van der Waals surface area contributed by atoms with Crippen LogP contribution in [0.15, 0.2) is 0 Å². The van der Waals surface area contributed by atoms with E-state index in [1.54, 1.807) is 0 Å². The Hall–Kier alpha value is -0.810. The number of carbonyl (C=O) groups is 1. The molecule has 5 nitrogen and oxygen atoms in total. The van der Waals surface area contributed by atoms with E-state index in [4.69, 9.17) is 0 Å². The van der Waals surface area contributed by atoms with Gasteiger partial charge in [-0.15, -0.1) is 0 Å². The highest BCUT2D eigenvalue weighted by Crippen LogP contribution is 2.21. The zero-order valence-corrected chi connectivity index (χ0v) is 13.9. The lowest BCUT2D eigenvalue weighted by Crippen LogP contribution is -2.46. The first-order chi connectivity index (χ1) is 10.1. The van der Waals surface area contributed by atoms with Crippen LogP contribution in [0.5, 0.6) is 0 Å². The molecule has 2 aliphatic rings. The molecule has 2 N–H and O–H groups in total. The minimum atomic E-state index is -0.00886. The van der Waals surface area contributed by atoms with E-state index in [1.807, 2.05) is 0 Å². The van der Waals surface area contributed by atoms with E-state index in [2.05, 4.69) is 41.3 Å². The number of nitrogens with zero attached hydrogens (tertiary/aromatic N) is 2. The Morgan fingerprint density at radius 2 is 2.00 bits per heavy atom.